The molecule has 1 aliphatic carbocycles. The van der Waals surface area contributed by atoms with Crippen LogP contribution in [0.3, 0.4) is 0 Å². The van der Waals surface area contributed by atoms with Crippen molar-refractivity contribution in [2.45, 2.75) is 38.8 Å². The van der Waals surface area contributed by atoms with Gasteiger partial charge in [-0.05, 0) is 29.2 Å². The third-order valence-corrected chi connectivity index (χ3v) is 4.58. The van der Waals surface area contributed by atoms with Gasteiger partial charge in [-0.3, -0.25) is 4.79 Å². The fourth-order valence-electron chi connectivity index (χ4n) is 2.45. The first-order chi connectivity index (χ1) is 9.58. The van der Waals surface area contributed by atoms with E-state index in [-0.39, 0.29) is 11.9 Å². The van der Waals surface area contributed by atoms with Crippen molar-refractivity contribution < 1.29 is 9.90 Å². The summed E-state index contributed by atoms with van der Waals surface area (Å²) in [7, 11) is 0. The average molecular weight is 293 g/mol. The van der Waals surface area contributed by atoms with Gasteiger partial charge in [0.05, 0.1) is 17.9 Å². The van der Waals surface area contributed by atoms with Gasteiger partial charge in [0.25, 0.3) is 0 Å². The number of aliphatic hydroxyl groups is 1. The van der Waals surface area contributed by atoms with E-state index in [1.54, 1.807) is 11.8 Å². The van der Waals surface area contributed by atoms with Crippen molar-refractivity contribution in [3.05, 3.63) is 35.4 Å². The number of hydrogen-bond donors (Lipinski definition) is 2. The molecule has 0 spiro atoms. The van der Waals surface area contributed by atoms with Gasteiger partial charge in [0, 0.05) is 6.42 Å². The molecular weight excluding hydrogens is 270 g/mol. The fourth-order valence-corrected chi connectivity index (χ4v) is 3.50. The third kappa shape index (κ3) is 4.00. The molecule has 0 aliphatic heterocycles. The maximum absolute atomic E-state index is 12.0. The zero-order valence-electron chi connectivity index (χ0n) is 12.1. The minimum Gasteiger partial charge on any atom is -0.390 e. The van der Waals surface area contributed by atoms with Gasteiger partial charge in [-0.2, -0.15) is 11.8 Å². The predicted octanol–water partition coefficient (Wildman–Crippen LogP) is 2.54. The zero-order valence-corrected chi connectivity index (χ0v) is 13.0. The molecule has 2 unspecified atom stereocenters. The third-order valence-electron chi connectivity index (χ3n) is 3.59. The standard InChI is InChI=1S/C16H23NO2S/c1-11(2)7-8-20-10-15(19)17-16-13-6-4-3-5-12(13)9-14(16)18/h3-6,11,14,16,18H,7-10H2,1-2H3,(H,17,19). The molecule has 0 heterocycles. The minimum atomic E-state index is -0.503. The lowest BCUT2D eigenvalue weighted by atomic mass is 10.1. The molecule has 1 amide bonds. The van der Waals surface area contributed by atoms with Crippen molar-refractivity contribution in [1.29, 1.82) is 0 Å². The Kier molecular flexibility index (Phi) is 5.49. The molecule has 2 N–H and O–H groups in total. The average Bonchev–Trinajstić information content (AvgIpc) is 2.71. The molecule has 0 radical (unpaired) electrons. The second kappa shape index (κ2) is 7.14. The molecule has 0 bridgehead atoms. The predicted molar refractivity (Wildman–Crippen MR) is 83.8 cm³/mol. The quantitative estimate of drug-likeness (QED) is 0.793. The van der Waals surface area contributed by atoms with Crippen LogP contribution < -0.4 is 5.32 Å². The second-order valence-electron chi connectivity index (χ2n) is 5.75. The fraction of sp³-hybridized carbons (Fsp3) is 0.562. The lowest BCUT2D eigenvalue weighted by Gasteiger charge is -2.18. The number of carbonyl (C=O) groups is 1. The monoisotopic (exact) mass is 293 g/mol. The van der Waals surface area contributed by atoms with Crippen LogP contribution in [0, 0.1) is 5.92 Å². The Bertz CT molecular complexity index is 462. The molecular formula is C16H23NO2S. The second-order valence-corrected chi connectivity index (χ2v) is 6.86. The van der Waals surface area contributed by atoms with E-state index in [1.165, 1.54) is 0 Å². The number of amides is 1. The van der Waals surface area contributed by atoms with Crippen molar-refractivity contribution in [1.82, 2.24) is 5.32 Å². The number of thioether (sulfide) groups is 1. The Hall–Kier alpha value is -1.00. The summed E-state index contributed by atoms with van der Waals surface area (Å²) < 4.78 is 0. The largest absolute Gasteiger partial charge is 0.390 e. The summed E-state index contributed by atoms with van der Waals surface area (Å²) >= 11 is 1.66. The number of carbonyl (C=O) groups excluding carboxylic acids is 1. The van der Waals surface area contributed by atoms with Crippen molar-refractivity contribution >= 4 is 17.7 Å². The lowest BCUT2D eigenvalue weighted by Crippen LogP contribution is -2.35. The highest BCUT2D eigenvalue weighted by atomic mass is 32.2. The first-order valence-corrected chi connectivity index (χ1v) is 8.36. The van der Waals surface area contributed by atoms with E-state index in [0.29, 0.717) is 18.1 Å². The summed E-state index contributed by atoms with van der Waals surface area (Å²) in [6.07, 6.45) is 1.26. The summed E-state index contributed by atoms with van der Waals surface area (Å²) in [5, 5.41) is 13.0. The Balaban J connectivity index is 1.82. The molecule has 0 aromatic heterocycles. The molecule has 0 fully saturated rings. The Morgan fingerprint density at radius 1 is 1.45 bits per heavy atom. The number of fused-ring (bicyclic) bond motifs is 1. The topological polar surface area (TPSA) is 49.3 Å². The smallest absolute Gasteiger partial charge is 0.230 e. The van der Waals surface area contributed by atoms with Gasteiger partial charge in [-0.25, -0.2) is 0 Å². The summed E-state index contributed by atoms with van der Waals surface area (Å²) in [5.41, 5.74) is 2.19. The molecule has 110 valence electrons. The molecule has 3 nitrogen and oxygen atoms in total. The number of aliphatic hydroxyl groups excluding tert-OH is 1. The first-order valence-electron chi connectivity index (χ1n) is 7.21. The molecule has 2 atom stereocenters. The molecule has 0 saturated heterocycles. The van der Waals surface area contributed by atoms with Crippen LogP contribution in [0.2, 0.25) is 0 Å². The summed E-state index contributed by atoms with van der Waals surface area (Å²) in [5.74, 6) is 2.17. The molecule has 2 rings (SSSR count). The van der Waals surface area contributed by atoms with Gasteiger partial charge in [-0.1, -0.05) is 38.1 Å². The summed E-state index contributed by atoms with van der Waals surface area (Å²) in [4.78, 5) is 12.0. The van der Waals surface area contributed by atoms with Crippen LogP contribution in [0.25, 0.3) is 0 Å². The van der Waals surface area contributed by atoms with E-state index in [1.807, 2.05) is 24.3 Å². The van der Waals surface area contributed by atoms with Crippen molar-refractivity contribution in [3.63, 3.8) is 0 Å². The highest BCUT2D eigenvalue weighted by Crippen LogP contribution is 2.31. The van der Waals surface area contributed by atoms with Gasteiger partial charge < -0.3 is 10.4 Å². The minimum absolute atomic E-state index is 0.0134. The van der Waals surface area contributed by atoms with E-state index in [0.717, 1.165) is 23.3 Å². The summed E-state index contributed by atoms with van der Waals surface area (Å²) in [6, 6.07) is 7.68. The number of nitrogens with one attached hydrogen (secondary N) is 1. The molecule has 20 heavy (non-hydrogen) atoms. The maximum Gasteiger partial charge on any atom is 0.230 e. The Labute approximate surface area is 125 Å². The number of hydrogen-bond acceptors (Lipinski definition) is 3. The van der Waals surface area contributed by atoms with Crippen LogP contribution >= 0.6 is 11.8 Å². The van der Waals surface area contributed by atoms with E-state index in [2.05, 4.69) is 19.2 Å². The van der Waals surface area contributed by atoms with Gasteiger partial charge in [0.2, 0.25) is 5.91 Å². The van der Waals surface area contributed by atoms with Crippen molar-refractivity contribution in [2.24, 2.45) is 5.92 Å². The highest BCUT2D eigenvalue weighted by molar-refractivity contribution is 7.99. The number of benzene rings is 1. The molecule has 0 saturated carbocycles. The van der Waals surface area contributed by atoms with Crippen molar-refractivity contribution in [2.75, 3.05) is 11.5 Å². The molecule has 1 aliphatic rings. The maximum atomic E-state index is 12.0. The van der Waals surface area contributed by atoms with Crippen LogP contribution in [-0.2, 0) is 11.2 Å². The van der Waals surface area contributed by atoms with E-state index < -0.39 is 6.10 Å². The van der Waals surface area contributed by atoms with Gasteiger partial charge in [0.15, 0.2) is 0 Å². The molecule has 4 heteroatoms. The summed E-state index contributed by atoms with van der Waals surface area (Å²) in [6.45, 7) is 4.37. The Morgan fingerprint density at radius 2 is 2.20 bits per heavy atom. The number of rotatable bonds is 6. The highest BCUT2D eigenvalue weighted by Gasteiger charge is 2.31. The Morgan fingerprint density at radius 3 is 2.95 bits per heavy atom. The van der Waals surface area contributed by atoms with E-state index in [4.69, 9.17) is 0 Å². The first kappa shape index (κ1) is 15.4. The van der Waals surface area contributed by atoms with E-state index in [9.17, 15) is 9.90 Å². The van der Waals surface area contributed by atoms with Crippen LogP contribution in [0.5, 0.6) is 0 Å². The van der Waals surface area contributed by atoms with Crippen molar-refractivity contribution in [3.8, 4) is 0 Å². The van der Waals surface area contributed by atoms with Crippen LogP contribution in [0.4, 0.5) is 0 Å². The van der Waals surface area contributed by atoms with Gasteiger partial charge >= 0.3 is 0 Å². The lowest BCUT2D eigenvalue weighted by molar-refractivity contribution is -0.120. The van der Waals surface area contributed by atoms with Crippen LogP contribution in [-0.4, -0.2) is 28.6 Å². The zero-order chi connectivity index (χ0) is 14.5. The van der Waals surface area contributed by atoms with Crippen LogP contribution in [0.15, 0.2) is 24.3 Å². The molecule has 1 aromatic rings. The SMILES string of the molecule is CC(C)CCSCC(=O)NC1c2ccccc2CC1O. The normalized spacial score (nSPS) is 21.0. The van der Waals surface area contributed by atoms with Gasteiger partial charge in [0.1, 0.15) is 0 Å². The van der Waals surface area contributed by atoms with Crippen LogP contribution in [0.1, 0.15) is 37.4 Å². The molecule has 1 aromatic carbocycles. The van der Waals surface area contributed by atoms with Gasteiger partial charge in [-0.15, -0.1) is 0 Å². The van der Waals surface area contributed by atoms with E-state index >= 15 is 0 Å².